The Labute approximate surface area is 109 Å². The fourth-order valence-corrected chi connectivity index (χ4v) is 4.39. The molecule has 2 amide bonds. The number of carbonyl (C=O) groups excluding carboxylic acids is 1. The summed E-state index contributed by atoms with van der Waals surface area (Å²) in [6.45, 7) is 6.72. The van der Waals surface area contributed by atoms with Gasteiger partial charge in [0.05, 0.1) is 12.5 Å². The predicted molar refractivity (Wildman–Crippen MR) is 69.0 cm³/mol. The van der Waals surface area contributed by atoms with Crippen LogP contribution in [0.5, 0.6) is 0 Å². The van der Waals surface area contributed by atoms with Crippen molar-refractivity contribution in [3.63, 3.8) is 0 Å². The summed E-state index contributed by atoms with van der Waals surface area (Å²) in [6.07, 6.45) is 1.37. The molecule has 0 saturated carbocycles. The molecule has 0 aliphatic rings. The maximum Gasteiger partial charge on any atom is 0.348 e. The van der Waals surface area contributed by atoms with Crippen LogP contribution in [0.25, 0.3) is 0 Å². The van der Waals surface area contributed by atoms with E-state index in [2.05, 4.69) is 0 Å². The molecule has 0 fully saturated rings. The third-order valence-electron chi connectivity index (χ3n) is 2.09. The average Bonchev–Trinajstić information content (AvgIpc) is 1.93. The summed E-state index contributed by atoms with van der Waals surface area (Å²) >= 11 is 0. The molecule has 0 bridgehead atoms. The first-order valence-electron chi connectivity index (χ1n) is 5.33. The molecule has 0 radical (unpaired) electrons. The normalized spacial score (nSPS) is 12.9. The molecule has 0 unspecified atom stereocenters. The topological polar surface area (TPSA) is 91.8 Å². The summed E-state index contributed by atoms with van der Waals surface area (Å²) in [7, 11) is -8.36. The predicted octanol–water partition coefficient (Wildman–Crippen LogP) is 0.446. The van der Waals surface area contributed by atoms with E-state index in [9.17, 15) is 21.6 Å². The monoisotopic (exact) mass is 300 g/mol. The van der Waals surface area contributed by atoms with Crippen molar-refractivity contribution in [1.82, 2.24) is 8.61 Å². The van der Waals surface area contributed by atoms with Gasteiger partial charge >= 0.3 is 6.03 Å². The average molecular weight is 300 g/mol. The van der Waals surface area contributed by atoms with E-state index < -0.39 is 26.1 Å². The van der Waals surface area contributed by atoms with Gasteiger partial charge in [0.25, 0.3) is 0 Å². The molecule has 0 rings (SSSR count). The van der Waals surface area contributed by atoms with Crippen LogP contribution in [0.1, 0.15) is 27.7 Å². The van der Waals surface area contributed by atoms with Gasteiger partial charge in [-0.1, -0.05) is 0 Å². The molecule has 18 heavy (non-hydrogen) atoms. The lowest BCUT2D eigenvalue weighted by Gasteiger charge is -2.33. The summed E-state index contributed by atoms with van der Waals surface area (Å²) in [5.41, 5.74) is 0. The van der Waals surface area contributed by atoms with Crippen molar-refractivity contribution in [2.24, 2.45) is 0 Å². The highest BCUT2D eigenvalue weighted by molar-refractivity contribution is 8.04. The SMILES string of the molecule is CC(C)N(C(=O)N(S(C)(=O)=O)S(C)(=O)=O)C(C)C. The van der Waals surface area contributed by atoms with Crippen molar-refractivity contribution in [3.05, 3.63) is 0 Å². The number of amides is 2. The molecule has 0 atom stereocenters. The van der Waals surface area contributed by atoms with Gasteiger partial charge in [-0.3, -0.25) is 0 Å². The van der Waals surface area contributed by atoms with Gasteiger partial charge in [-0.2, -0.15) is 0 Å². The molecule has 0 aromatic heterocycles. The molecule has 0 aromatic rings. The van der Waals surface area contributed by atoms with Crippen LogP contribution in [-0.4, -0.2) is 56.1 Å². The lowest BCUT2D eigenvalue weighted by Crippen LogP contribution is -2.52. The zero-order valence-corrected chi connectivity index (χ0v) is 13.0. The minimum Gasteiger partial charge on any atom is -0.318 e. The molecule has 7 nitrogen and oxygen atoms in total. The summed E-state index contributed by atoms with van der Waals surface area (Å²) in [4.78, 5) is 13.3. The Hall–Kier alpha value is -0.830. The van der Waals surface area contributed by atoms with Crippen molar-refractivity contribution in [1.29, 1.82) is 0 Å². The fraction of sp³-hybridized carbons (Fsp3) is 0.889. The van der Waals surface area contributed by atoms with E-state index in [0.29, 0.717) is 12.5 Å². The van der Waals surface area contributed by atoms with Crippen molar-refractivity contribution in [2.75, 3.05) is 12.5 Å². The van der Waals surface area contributed by atoms with E-state index in [1.807, 2.05) is 0 Å². The van der Waals surface area contributed by atoms with E-state index in [1.54, 1.807) is 27.7 Å². The summed E-state index contributed by atoms with van der Waals surface area (Å²) in [6, 6.07) is -1.68. The van der Waals surface area contributed by atoms with Gasteiger partial charge in [0.2, 0.25) is 20.0 Å². The largest absolute Gasteiger partial charge is 0.348 e. The Morgan fingerprint density at radius 3 is 1.28 bits per heavy atom. The Morgan fingerprint density at radius 2 is 1.11 bits per heavy atom. The first-order chi connectivity index (χ1) is 7.80. The van der Waals surface area contributed by atoms with Crippen LogP contribution in [0.2, 0.25) is 0 Å². The van der Waals surface area contributed by atoms with Gasteiger partial charge in [-0.25, -0.2) is 21.6 Å². The molecule has 0 aliphatic carbocycles. The minimum atomic E-state index is -4.18. The second kappa shape index (κ2) is 5.43. The molecular formula is C9H20N2O5S2. The second-order valence-corrected chi connectivity index (χ2v) is 8.49. The molecule has 9 heteroatoms. The molecule has 0 N–H and O–H groups in total. The van der Waals surface area contributed by atoms with Crippen molar-refractivity contribution < 1.29 is 21.6 Å². The summed E-state index contributed by atoms with van der Waals surface area (Å²) in [5, 5.41) is 0. The number of nitrogens with zero attached hydrogens (tertiary/aromatic N) is 2. The highest BCUT2D eigenvalue weighted by atomic mass is 32.3. The van der Waals surface area contributed by atoms with Crippen LogP contribution in [0.4, 0.5) is 4.79 Å². The number of urea groups is 1. The smallest absolute Gasteiger partial charge is 0.318 e. The van der Waals surface area contributed by atoms with Crippen LogP contribution >= 0.6 is 0 Å². The Bertz CT molecular complexity index is 467. The number of sulfonamides is 2. The van der Waals surface area contributed by atoms with Gasteiger partial charge in [-0.05, 0) is 27.7 Å². The molecule has 108 valence electrons. The lowest BCUT2D eigenvalue weighted by atomic mass is 10.2. The van der Waals surface area contributed by atoms with Crippen LogP contribution in [0, 0.1) is 0 Å². The molecule has 0 aromatic carbocycles. The molecular weight excluding hydrogens is 280 g/mol. The first-order valence-corrected chi connectivity index (χ1v) is 9.02. The maximum absolute atomic E-state index is 12.1. The Balaban J connectivity index is 5.76. The summed E-state index contributed by atoms with van der Waals surface area (Å²) < 4.78 is 45.8. The Morgan fingerprint density at radius 1 is 0.833 bits per heavy atom. The lowest BCUT2D eigenvalue weighted by molar-refractivity contribution is 0.159. The minimum absolute atomic E-state index is 0.0694. The standard InChI is InChI=1S/C9H20N2O5S2/c1-7(2)10(8(3)4)9(12)11(17(5,13)14)18(6,15)16/h7-8H,1-6H3. The van der Waals surface area contributed by atoms with Crippen molar-refractivity contribution >= 4 is 26.1 Å². The highest BCUT2D eigenvalue weighted by Gasteiger charge is 2.37. The molecule has 0 heterocycles. The maximum atomic E-state index is 12.1. The van der Waals surface area contributed by atoms with Crippen LogP contribution < -0.4 is 0 Å². The fourth-order valence-electron chi connectivity index (χ4n) is 1.66. The number of hydrogen-bond donors (Lipinski definition) is 0. The van der Waals surface area contributed by atoms with Crippen molar-refractivity contribution in [3.8, 4) is 0 Å². The van der Waals surface area contributed by atoms with Gasteiger partial charge in [-0.15, -0.1) is 3.71 Å². The third kappa shape index (κ3) is 4.13. The number of rotatable bonds is 4. The van der Waals surface area contributed by atoms with Crippen molar-refractivity contribution in [2.45, 2.75) is 39.8 Å². The van der Waals surface area contributed by atoms with Gasteiger partial charge in [0, 0.05) is 12.1 Å². The first kappa shape index (κ1) is 17.2. The quantitative estimate of drug-likeness (QED) is 0.751. The molecule has 0 saturated heterocycles. The van der Waals surface area contributed by atoms with E-state index in [1.165, 1.54) is 4.90 Å². The second-order valence-electron chi connectivity index (χ2n) is 4.60. The molecule has 0 spiro atoms. The third-order valence-corrected chi connectivity index (χ3v) is 5.23. The van der Waals surface area contributed by atoms with Crippen LogP contribution in [0.15, 0.2) is 0 Å². The van der Waals surface area contributed by atoms with E-state index in [-0.39, 0.29) is 15.8 Å². The van der Waals surface area contributed by atoms with Gasteiger partial charge < -0.3 is 4.90 Å². The summed E-state index contributed by atoms with van der Waals surface area (Å²) in [5.74, 6) is 0. The highest BCUT2D eigenvalue weighted by Crippen LogP contribution is 2.15. The number of hydrogen-bond acceptors (Lipinski definition) is 5. The van der Waals surface area contributed by atoms with E-state index in [0.717, 1.165) is 0 Å². The molecule has 0 aliphatic heterocycles. The van der Waals surface area contributed by atoms with Crippen LogP contribution in [0.3, 0.4) is 0 Å². The van der Waals surface area contributed by atoms with E-state index >= 15 is 0 Å². The Kier molecular flexibility index (Phi) is 5.18. The zero-order valence-electron chi connectivity index (χ0n) is 11.4. The van der Waals surface area contributed by atoms with Gasteiger partial charge in [0.1, 0.15) is 0 Å². The van der Waals surface area contributed by atoms with E-state index in [4.69, 9.17) is 0 Å². The van der Waals surface area contributed by atoms with Gasteiger partial charge in [0.15, 0.2) is 0 Å². The van der Waals surface area contributed by atoms with Crippen LogP contribution in [-0.2, 0) is 20.0 Å². The zero-order chi connectivity index (χ0) is 14.9. The number of carbonyl (C=O) groups is 1.